The minimum Gasteiger partial charge on any atom is -0.308 e. The summed E-state index contributed by atoms with van der Waals surface area (Å²) in [7, 11) is 0.261. The molecule has 4 N–H and O–H groups in total. The van der Waals surface area contributed by atoms with Gasteiger partial charge in [-0.3, -0.25) is 0 Å². The lowest BCUT2D eigenvalue weighted by molar-refractivity contribution is 0.314. The van der Waals surface area contributed by atoms with Gasteiger partial charge in [-0.25, -0.2) is 24.0 Å². The van der Waals surface area contributed by atoms with Crippen molar-refractivity contribution < 1.29 is 8.42 Å². The van der Waals surface area contributed by atoms with Crippen LogP contribution in [0.4, 0.5) is 5.82 Å². The molecule has 7 nitrogen and oxygen atoms in total. The van der Waals surface area contributed by atoms with Crippen LogP contribution in [0.2, 0.25) is 0 Å². The maximum Gasteiger partial charge on any atom is 0.242 e. The van der Waals surface area contributed by atoms with Crippen LogP contribution in [-0.4, -0.2) is 45.0 Å². The molecule has 0 radical (unpaired) electrons. The molecule has 1 aromatic heterocycles. The van der Waals surface area contributed by atoms with Crippen molar-refractivity contribution in [3.05, 3.63) is 18.3 Å². The summed E-state index contributed by atoms with van der Waals surface area (Å²) in [5.41, 5.74) is 2.34. The highest BCUT2D eigenvalue weighted by Crippen LogP contribution is 2.09. The average molecular weight is 273 g/mol. The lowest BCUT2D eigenvalue weighted by atomic mass is 10.3. The molecule has 0 saturated heterocycles. The molecule has 0 amide bonds. The molecule has 0 aliphatic rings. The summed E-state index contributed by atoms with van der Waals surface area (Å²) in [6, 6.07) is 3.06. The number of nitrogen functional groups attached to an aromatic ring is 1. The highest BCUT2D eigenvalue weighted by Gasteiger charge is 2.16. The minimum atomic E-state index is -3.52. The summed E-state index contributed by atoms with van der Waals surface area (Å²) in [6.45, 7) is 2.27. The molecular formula is C10H19N5O2S. The number of hydrogen-bond donors (Lipinski definition) is 3. The van der Waals surface area contributed by atoms with Crippen molar-refractivity contribution in [2.45, 2.75) is 17.9 Å². The van der Waals surface area contributed by atoms with E-state index < -0.39 is 10.0 Å². The van der Waals surface area contributed by atoms with Crippen LogP contribution in [0.5, 0.6) is 0 Å². The normalized spacial score (nSPS) is 13.6. The molecule has 18 heavy (non-hydrogen) atoms. The van der Waals surface area contributed by atoms with Gasteiger partial charge in [-0.05, 0) is 33.2 Å². The molecule has 0 saturated carbocycles. The summed E-state index contributed by atoms with van der Waals surface area (Å²) in [4.78, 5) is 5.91. The third kappa shape index (κ3) is 3.91. The lowest BCUT2D eigenvalue weighted by Gasteiger charge is -2.19. The Morgan fingerprint density at radius 1 is 1.44 bits per heavy atom. The second kappa shape index (κ2) is 6.10. The average Bonchev–Trinajstić information content (AvgIpc) is 2.36. The van der Waals surface area contributed by atoms with Crippen molar-refractivity contribution in [3.8, 4) is 0 Å². The molecule has 1 rings (SSSR count). The Morgan fingerprint density at radius 2 is 2.11 bits per heavy atom. The van der Waals surface area contributed by atoms with E-state index in [2.05, 4.69) is 15.1 Å². The third-order valence-corrected chi connectivity index (χ3v) is 4.05. The van der Waals surface area contributed by atoms with Gasteiger partial charge in [0.25, 0.3) is 0 Å². The second-order valence-corrected chi connectivity index (χ2v) is 5.95. The van der Waals surface area contributed by atoms with E-state index >= 15 is 0 Å². The first-order chi connectivity index (χ1) is 8.36. The van der Waals surface area contributed by atoms with Gasteiger partial charge in [0.2, 0.25) is 10.0 Å². The monoisotopic (exact) mass is 273 g/mol. The minimum absolute atomic E-state index is 0.109. The molecule has 0 aromatic carbocycles. The van der Waals surface area contributed by atoms with E-state index in [0.717, 1.165) is 0 Å². The lowest BCUT2D eigenvalue weighted by Crippen LogP contribution is -2.38. The molecule has 0 bridgehead atoms. The maximum absolute atomic E-state index is 11.9. The van der Waals surface area contributed by atoms with Crippen LogP contribution in [0.3, 0.4) is 0 Å². The molecule has 1 aromatic rings. The van der Waals surface area contributed by atoms with Gasteiger partial charge in [-0.15, -0.1) is 0 Å². The molecule has 0 spiro atoms. The third-order valence-electron chi connectivity index (χ3n) is 2.64. The quantitative estimate of drug-likeness (QED) is 0.481. The van der Waals surface area contributed by atoms with E-state index in [9.17, 15) is 8.42 Å². The molecular weight excluding hydrogens is 254 g/mol. The van der Waals surface area contributed by atoms with Crippen molar-refractivity contribution >= 4 is 15.8 Å². The number of sulfonamides is 1. The molecule has 1 heterocycles. The predicted molar refractivity (Wildman–Crippen MR) is 70.4 cm³/mol. The largest absolute Gasteiger partial charge is 0.308 e. The van der Waals surface area contributed by atoms with Crippen LogP contribution < -0.4 is 16.0 Å². The number of pyridine rings is 1. The Labute approximate surface area is 107 Å². The molecule has 102 valence electrons. The van der Waals surface area contributed by atoms with Gasteiger partial charge in [0, 0.05) is 18.8 Å². The van der Waals surface area contributed by atoms with Gasteiger partial charge in [0.15, 0.2) is 0 Å². The van der Waals surface area contributed by atoms with Crippen LogP contribution in [0.15, 0.2) is 23.2 Å². The maximum atomic E-state index is 11.9. The van der Waals surface area contributed by atoms with Crippen molar-refractivity contribution in [3.63, 3.8) is 0 Å². The van der Waals surface area contributed by atoms with E-state index in [1.807, 2.05) is 25.9 Å². The van der Waals surface area contributed by atoms with E-state index in [-0.39, 0.29) is 10.9 Å². The zero-order valence-corrected chi connectivity index (χ0v) is 11.5. The smallest absolute Gasteiger partial charge is 0.242 e. The van der Waals surface area contributed by atoms with Crippen molar-refractivity contribution in [2.75, 3.05) is 26.1 Å². The van der Waals surface area contributed by atoms with Crippen molar-refractivity contribution in [1.82, 2.24) is 14.6 Å². The number of nitrogens with zero attached hydrogens (tertiary/aromatic N) is 2. The summed E-state index contributed by atoms with van der Waals surface area (Å²) < 4.78 is 26.4. The number of nitrogens with two attached hydrogens (primary N) is 1. The number of anilines is 1. The molecule has 0 aliphatic carbocycles. The van der Waals surface area contributed by atoms with Crippen LogP contribution in [0.1, 0.15) is 6.92 Å². The van der Waals surface area contributed by atoms with Gasteiger partial charge in [-0.1, -0.05) is 0 Å². The van der Waals surface area contributed by atoms with Crippen LogP contribution in [0, 0.1) is 0 Å². The first-order valence-corrected chi connectivity index (χ1v) is 6.94. The van der Waals surface area contributed by atoms with E-state index in [4.69, 9.17) is 5.84 Å². The summed E-state index contributed by atoms with van der Waals surface area (Å²) >= 11 is 0. The van der Waals surface area contributed by atoms with Crippen molar-refractivity contribution in [1.29, 1.82) is 0 Å². The molecule has 0 aliphatic heterocycles. The molecule has 8 heteroatoms. The summed E-state index contributed by atoms with van der Waals surface area (Å²) in [6.07, 6.45) is 1.26. The molecule has 1 unspecified atom stereocenters. The highest BCUT2D eigenvalue weighted by molar-refractivity contribution is 7.89. The Hall–Kier alpha value is -1.22. The van der Waals surface area contributed by atoms with Gasteiger partial charge >= 0.3 is 0 Å². The fraction of sp³-hybridized carbons (Fsp3) is 0.500. The number of nitrogens with one attached hydrogen (secondary N) is 2. The number of likely N-dealkylation sites (N-methyl/N-ethyl adjacent to an activating group) is 1. The Balaban J connectivity index is 2.73. The number of rotatable bonds is 6. The zero-order valence-electron chi connectivity index (χ0n) is 10.7. The van der Waals surface area contributed by atoms with Gasteiger partial charge < -0.3 is 10.3 Å². The van der Waals surface area contributed by atoms with Gasteiger partial charge in [0.1, 0.15) is 10.7 Å². The van der Waals surface area contributed by atoms with Crippen LogP contribution in [-0.2, 0) is 10.0 Å². The Kier molecular flexibility index (Phi) is 5.03. The van der Waals surface area contributed by atoms with E-state index in [0.29, 0.717) is 12.4 Å². The fourth-order valence-electron chi connectivity index (χ4n) is 1.12. The van der Waals surface area contributed by atoms with Gasteiger partial charge in [0.05, 0.1) is 0 Å². The first-order valence-electron chi connectivity index (χ1n) is 5.45. The topological polar surface area (TPSA) is 100 Å². The van der Waals surface area contributed by atoms with E-state index in [1.54, 1.807) is 0 Å². The molecule has 1 atom stereocenters. The number of hydrazine groups is 1. The zero-order chi connectivity index (χ0) is 13.8. The van der Waals surface area contributed by atoms with Crippen LogP contribution in [0.25, 0.3) is 0 Å². The standard InChI is InChI=1S/C10H19N5O2S/c1-8(15(2)3)6-13-18(16,17)9-4-5-10(14-11)12-7-9/h4-5,7-8,13H,6,11H2,1-3H3,(H,12,14). The fourth-order valence-corrected chi connectivity index (χ4v) is 2.19. The highest BCUT2D eigenvalue weighted by atomic mass is 32.2. The van der Waals surface area contributed by atoms with Crippen LogP contribution >= 0.6 is 0 Å². The SMILES string of the molecule is CC(CNS(=O)(=O)c1ccc(NN)nc1)N(C)C. The molecule has 0 fully saturated rings. The Bertz CT molecular complexity index is 472. The Morgan fingerprint density at radius 3 is 2.56 bits per heavy atom. The number of aromatic nitrogens is 1. The van der Waals surface area contributed by atoms with Gasteiger partial charge in [-0.2, -0.15) is 0 Å². The van der Waals surface area contributed by atoms with E-state index in [1.165, 1.54) is 18.3 Å². The summed E-state index contributed by atoms with van der Waals surface area (Å²) in [5.74, 6) is 5.57. The predicted octanol–water partition coefficient (Wildman–Crippen LogP) is -0.404. The number of hydrogen-bond acceptors (Lipinski definition) is 6. The van der Waals surface area contributed by atoms with Crippen molar-refractivity contribution in [2.24, 2.45) is 5.84 Å². The first kappa shape index (κ1) is 14.8. The summed E-state index contributed by atoms with van der Waals surface area (Å²) in [5, 5.41) is 0. The second-order valence-electron chi connectivity index (χ2n) is 4.19.